The molecule has 1 amide bonds. The van der Waals surface area contributed by atoms with E-state index in [-0.39, 0.29) is 29.6 Å². The van der Waals surface area contributed by atoms with Crippen LogP contribution in [0, 0.1) is 5.92 Å². The highest BCUT2D eigenvalue weighted by molar-refractivity contribution is 5.88. The minimum Gasteiger partial charge on any atom is -0.465 e. The molecule has 1 N–H and O–H groups in total. The number of carbonyl (C=O) groups is 2. The standard InChI is InChI=1S/C14H20N2O4/c1-9(2)10(3)15-12(17)8-16-7-11(14(19)20-4)5-6-13(16)18/h5-7,9-10H,8H2,1-4H3,(H,15,17)/t10-/m1/s1. The molecule has 6 nitrogen and oxygen atoms in total. The number of ether oxygens (including phenoxy) is 1. The van der Waals surface area contributed by atoms with Crippen molar-refractivity contribution in [2.45, 2.75) is 33.4 Å². The second-order valence-electron chi connectivity index (χ2n) is 4.98. The van der Waals surface area contributed by atoms with Gasteiger partial charge in [0.15, 0.2) is 0 Å². The summed E-state index contributed by atoms with van der Waals surface area (Å²) in [6, 6.07) is 2.63. The normalized spacial score (nSPS) is 12.1. The van der Waals surface area contributed by atoms with E-state index in [0.29, 0.717) is 5.92 Å². The molecule has 0 aliphatic carbocycles. The molecule has 0 radical (unpaired) electrons. The van der Waals surface area contributed by atoms with Gasteiger partial charge in [-0.1, -0.05) is 13.8 Å². The highest BCUT2D eigenvalue weighted by Crippen LogP contribution is 2.01. The number of aromatic nitrogens is 1. The van der Waals surface area contributed by atoms with Crippen LogP contribution in [0.3, 0.4) is 0 Å². The average Bonchev–Trinajstić information content (AvgIpc) is 2.40. The van der Waals surface area contributed by atoms with Crippen LogP contribution in [-0.2, 0) is 16.1 Å². The van der Waals surface area contributed by atoms with Crippen molar-refractivity contribution in [1.29, 1.82) is 0 Å². The van der Waals surface area contributed by atoms with E-state index in [1.165, 1.54) is 30.0 Å². The molecule has 1 atom stereocenters. The Morgan fingerprint density at radius 2 is 1.95 bits per heavy atom. The number of hydrogen-bond donors (Lipinski definition) is 1. The number of nitrogens with zero attached hydrogens (tertiary/aromatic N) is 1. The maximum absolute atomic E-state index is 11.8. The molecule has 0 bridgehead atoms. The molecule has 0 saturated heterocycles. The predicted octanol–water partition coefficient (Wildman–Crippen LogP) is 0.796. The Kier molecular flexibility index (Phi) is 5.49. The van der Waals surface area contributed by atoms with Crippen molar-refractivity contribution >= 4 is 11.9 Å². The van der Waals surface area contributed by atoms with E-state index in [2.05, 4.69) is 10.1 Å². The third-order valence-corrected chi connectivity index (χ3v) is 3.11. The van der Waals surface area contributed by atoms with E-state index in [0.717, 1.165) is 0 Å². The monoisotopic (exact) mass is 280 g/mol. The smallest absolute Gasteiger partial charge is 0.339 e. The van der Waals surface area contributed by atoms with Gasteiger partial charge < -0.3 is 14.6 Å². The van der Waals surface area contributed by atoms with Crippen molar-refractivity contribution in [2.24, 2.45) is 5.92 Å². The Morgan fingerprint density at radius 1 is 1.30 bits per heavy atom. The number of methoxy groups -OCH3 is 1. The van der Waals surface area contributed by atoms with Crippen LogP contribution in [0.5, 0.6) is 0 Å². The third-order valence-electron chi connectivity index (χ3n) is 3.11. The maximum Gasteiger partial charge on any atom is 0.339 e. The van der Waals surface area contributed by atoms with Gasteiger partial charge in [-0.15, -0.1) is 0 Å². The summed E-state index contributed by atoms with van der Waals surface area (Å²) >= 11 is 0. The van der Waals surface area contributed by atoms with Crippen LogP contribution in [0.2, 0.25) is 0 Å². The van der Waals surface area contributed by atoms with Gasteiger partial charge in [-0.25, -0.2) is 4.79 Å². The zero-order valence-electron chi connectivity index (χ0n) is 12.2. The Hall–Kier alpha value is -2.11. The molecule has 0 spiro atoms. The lowest BCUT2D eigenvalue weighted by Crippen LogP contribution is -2.39. The fraction of sp³-hybridized carbons (Fsp3) is 0.500. The Morgan fingerprint density at radius 3 is 2.50 bits per heavy atom. The summed E-state index contributed by atoms with van der Waals surface area (Å²) in [5.74, 6) is -0.512. The van der Waals surface area contributed by atoms with Crippen LogP contribution in [0.15, 0.2) is 23.1 Å². The number of nitrogens with one attached hydrogen (secondary N) is 1. The minimum absolute atomic E-state index is 0.0157. The molecule has 20 heavy (non-hydrogen) atoms. The summed E-state index contributed by atoms with van der Waals surface area (Å²) in [6.07, 6.45) is 1.33. The van der Waals surface area contributed by atoms with Gasteiger partial charge in [0.25, 0.3) is 5.56 Å². The van der Waals surface area contributed by atoms with E-state index >= 15 is 0 Å². The molecular weight excluding hydrogens is 260 g/mol. The summed E-state index contributed by atoms with van der Waals surface area (Å²) in [4.78, 5) is 34.9. The van der Waals surface area contributed by atoms with Crippen molar-refractivity contribution < 1.29 is 14.3 Å². The van der Waals surface area contributed by atoms with Gasteiger partial charge in [0.2, 0.25) is 5.91 Å². The molecule has 1 rings (SSSR count). The highest BCUT2D eigenvalue weighted by atomic mass is 16.5. The van der Waals surface area contributed by atoms with Crippen LogP contribution >= 0.6 is 0 Å². The predicted molar refractivity (Wildman–Crippen MR) is 74.5 cm³/mol. The van der Waals surface area contributed by atoms with Crippen molar-refractivity contribution in [3.05, 3.63) is 34.2 Å². The molecule has 110 valence electrons. The second-order valence-corrected chi connectivity index (χ2v) is 4.98. The van der Waals surface area contributed by atoms with E-state index in [9.17, 15) is 14.4 Å². The van der Waals surface area contributed by atoms with E-state index < -0.39 is 5.97 Å². The highest BCUT2D eigenvalue weighted by Gasteiger charge is 2.13. The summed E-state index contributed by atoms with van der Waals surface area (Å²) in [6.45, 7) is 5.76. The fourth-order valence-electron chi connectivity index (χ4n) is 1.51. The van der Waals surface area contributed by atoms with Crippen molar-refractivity contribution in [1.82, 2.24) is 9.88 Å². The summed E-state index contributed by atoms with van der Waals surface area (Å²) in [7, 11) is 1.26. The maximum atomic E-state index is 11.8. The molecule has 0 aliphatic rings. The van der Waals surface area contributed by atoms with Crippen LogP contribution in [0.4, 0.5) is 0 Å². The first-order chi connectivity index (χ1) is 9.35. The molecule has 0 aromatic carbocycles. The zero-order chi connectivity index (χ0) is 15.3. The van der Waals surface area contributed by atoms with Gasteiger partial charge in [-0.2, -0.15) is 0 Å². The van der Waals surface area contributed by atoms with Crippen molar-refractivity contribution in [2.75, 3.05) is 7.11 Å². The molecule has 1 aromatic rings. The van der Waals surface area contributed by atoms with Gasteiger partial charge in [0, 0.05) is 18.3 Å². The fourth-order valence-corrected chi connectivity index (χ4v) is 1.51. The Bertz CT molecular complexity index is 548. The zero-order valence-corrected chi connectivity index (χ0v) is 12.2. The largest absolute Gasteiger partial charge is 0.465 e. The average molecular weight is 280 g/mol. The number of rotatable bonds is 5. The van der Waals surface area contributed by atoms with E-state index in [4.69, 9.17) is 0 Å². The van der Waals surface area contributed by atoms with Gasteiger partial charge in [-0.3, -0.25) is 9.59 Å². The molecule has 0 unspecified atom stereocenters. The molecule has 0 aliphatic heterocycles. The molecule has 0 fully saturated rings. The lowest BCUT2D eigenvalue weighted by atomic mass is 10.1. The van der Waals surface area contributed by atoms with Crippen LogP contribution < -0.4 is 10.9 Å². The molecule has 0 saturated carbocycles. The SMILES string of the molecule is COC(=O)c1ccc(=O)n(CC(=O)N[C@H](C)C(C)C)c1. The van der Waals surface area contributed by atoms with Crippen LogP contribution in [-0.4, -0.2) is 29.6 Å². The lowest BCUT2D eigenvalue weighted by Gasteiger charge is -2.17. The molecule has 6 heteroatoms. The van der Waals surface area contributed by atoms with Crippen molar-refractivity contribution in [3.63, 3.8) is 0 Å². The summed E-state index contributed by atoms with van der Waals surface area (Å²) < 4.78 is 5.77. The number of amides is 1. The summed E-state index contributed by atoms with van der Waals surface area (Å²) in [5.41, 5.74) is -0.109. The van der Waals surface area contributed by atoms with Crippen LogP contribution in [0.1, 0.15) is 31.1 Å². The number of hydrogen-bond acceptors (Lipinski definition) is 4. The molecular formula is C14H20N2O4. The first kappa shape index (κ1) is 15.9. The number of carbonyl (C=O) groups excluding carboxylic acids is 2. The van der Waals surface area contributed by atoms with Crippen molar-refractivity contribution in [3.8, 4) is 0 Å². The first-order valence-electron chi connectivity index (χ1n) is 6.43. The topological polar surface area (TPSA) is 77.4 Å². The Balaban J connectivity index is 2.84. The van der Waals surface area contributed by atoms with Gasteiger partial charge in [0.05, 0.1) is 12.7 Å². The van der Waals surface area contributed by atoms with Gasteiger partial charge in [-0.05, 0) is 18.9 Å². The third kappa shape index (κ3) is 4.22. The number of pyridine rings is 1. The first-order valence-corrected chi connectivity index (χ1v) is 6.43. The van der Waals surface area contributed by atoms with Gasteiger partial charge in [0.1, 0.15) is 6.54 Å². The van der Waals surface area contributed by atoms with Crippen LogP contribution in [0.25, 0.3) is 0 Å². The van der Waals surface area contributed by atoms with E-state index in [1.54, 1.807) is 0 Å². The number of esters is 1. The Labute approximate surface area is 117 Å². The molecule has 1 heterocycles. The lowest BCUT2D eigenvalue weighted by molar-refractivity contribution is -0.122. The second kappa shape index (κ2) is 6.88. The quantitative estimate of drug-likeness (QED) is 0.809. The minimum atomic E-state index is -0.547. The summed E-state index contributed by atoms with van der Waals surface area (Å²) in [5, 5.41) is 2.80. The van der Waals surface area contributed by atoms with Gasteiger partial charge >= 0.3 is 5.97 Å². The molecule has 1 aromatic heterocycles. The van der Waals surface area contributed by atoms with E-state index in [1.807, 2.05) is 20.8 Å².